The third kappa shape index (κ3) is 1.42. The number of likely N-dealkylation sites (tertiary alicyclic amines) is 1. The highest BCUT2D eigenvalue weighted by atomic mass is 16.3. The van der Waals surface area contributed by atoms with E-state index in [2.05, 4.69) is 5.10 Å². The summed E-state index contributed by atoms with van der Waals surface area (Å²) in [6.45, 7) is 0.911. The Morgan fingerprint density at radius 2 is 2.38 bits per heavy atom. The smallest absolute Gasteiger partial charge is 0.248 e. The van der Waals surface area contributed by atoms with Crippen LogP contribution in [0.5, 0.6) is 0 Å². The van der Waals surface area contributed by atoms with Crippen LogP contribution in [0.15, 0.2) is 18.5 Å². The molecule has 1 fully saturated rings. The molecule has 0 saturated carbocycles. The van der Waals surface area contributed by atoms with E-state index in [9.17, 15) is 4.79 Å². The average Bonchev–Trinajstić information content (AvgIpc) is 2.54. The van der Waals surface area contributed by atoms with Crippen molar-refractivity contribution in [2.75, 3.05) is 19.7 Å². The summed E-state index contributed by atoms with van der Waals surface area (Å²) in [6, 6.07) is 2.14. The van der Waals surface area contributed by atoms with E-state index in [4.69, 9.17) is 5.11 Å². The predicted octanol–water partition coefficient (Wildman–Crippen LogP) is -0.741. The Labute approximate surface area is 75.6 Å². The Kier molecular flexibility index (Phi) is 2.02. The minimum Gasteiger partial charge on any atom is -0.387 e. The highest BCUT2D eigenvalue weighted by molar-refractivity contribution is 5.78. The molecule has 0 aliphatic carbocycles. The van der Waals surface area contributed by atoms with E-state index in [1.54, 1.807) is 11.1 Å². The van der Waals surface area contributed by atoms with Crippen molar-refractivity contribution in [2.24, 2.45) is 0 Å². The molecule has 0 radical (unpaired) electrons. The Hall–Kier alpha value is -1.36. The summed E-state index contributed by atoms with van der Waals surface area (Å²) in [4.78, 5) is 12.6. The monoisotopic (exact) mass is 181 g/mol. The van der Waals surface area contributed by atoms with Gasteiger partial charge in [-0.2, -0.15) is 5.10 Å². The molecule has 2 heterocycles. The van der Waals surface area contributed by atoms with E-state index in [-0.39, 0.29) is 11.9 Å². The Bertz CT molecular complexity index is 290. The van der Waals surface area contributed by atoms with Crippen LogP contribution >= 0.6 is 0 Å². The van der Waals surface area contributed by atoms with Crippen LogP contribution < -0.4 is 0 Å². The third-order valence-electron chi connectivity index (χ3n) is 2.25. The maximum absolute atomic E-state index is 11.0. The minimum atomic E-state index is -0.397. The lowest BCUT2D eigenvalue weighted by Gasteiger charge is -2.38. The number of rotatable bonds is 2. The summed E-state index contributed by atoms with van der Waals surface area (Å²) in [5, 5.41) is 12.6. The van der Waals surface area contributed by atoms with Crippen molar-refractivity contribution in [1.29, 1.82) is 0 Å². The fraction of sp³-hybridized carbons (Fsp3) is 0.500. The Morgan fingerprint density at radius 1 is 1.62 bits per heavy atom. The van der Waals surface area contributed by atoms with Gasteiger partial charge >= 0.3 is 0 Å². The average molecular weight is 181 g/mol. The highest BCUT2D eigenvalue weighted by Gasteiger charge is 2.31. The van der Waals surface area contributed by atoms with Crippen molar-refractivity contribution < 1.29 is 9.90 Å². The molecule has 0 unspecified atom stereocenters. The standard InChI is InChI=1S/C8H11N3O2/c12-6-8(13)10-4-7(5-10)11-3-1-2-9-11/h1-3,7,12H,4-6H2. The molecule has 0 atom stereocenters. The molecule has 1 saturated heterocycles. The molecule has 1 amide bonds. The molecule has 70 valence electrons. The number of carbonyl (C=O) groups is 1. The first-order valence-corrected chi connectivity index (χ1v) is 4.19. The molecular formula is C8H11N3O2. The molecule has 0 spiro atoms. The molecule has 2 rings (SSSR count). The van der Waals surface area contributed by atoms with E-state index < -0.39 is 6.61 Å². The second-order valence-corrected chi connectivity index (χ2v) is 3.10. The molecule has 1 aliphatic heterocycles. The molecule has 0 aromatic carbocycles. The number of aliphatic hydroxyl groups is 1. The summed E-state index contributed by atoms with van der Waals surface area (Å²) < 4.78 is 1.83. The maximum Gasteiger partial charge on any atom is 0.248 e. The summed E-state index contributed by atoms with van der Waals surface area (Å²) in [6.07, 6.45) is 3.60. The number of aliphatic hydroxyl groups excluding tert-OH is 1. The van der Waals surface area contributed by atoms with Crippen LogP contribution in [0.4, 0.5) is 0 Å². The fourth-order valence-electron chi connectivity index (χ4n) is 1.42. The molecule has 1 aromatic heterocycles. The predicted molar refractivity (Wildman–Crippen MR) is 44.9 cm³/mol. The lowest BCUT2D eigenvalue weighted by Crippen LogP contribution is -2.51. The number of aromatic nitrogens is 2. The van der Waals surface area contributed by atoms with Crippen LogP contribution in [0.3, 0.4) is 0 Å². The highest BCUT2D eigenvalue weighted by Crippen LogP contribution is 2.19. The topological polar surface area (TPSA) is 58.4 Å². The minimum absolute atomic E-state index is 0.205. The van der Waals surface area contributed by atoms with Gasteiger partial charge in [-0.05, 0) is 6.07 Å². The summed E-state index contributed by atoms with van der Waals surface area (Å²) in [5.74, 6) is -0.205. The fourth-order valence-corrected chi connectivity index (χ4v) is 1.42. The number of hydrogen-bond donors (Lipinski definition) is 1. The van der Waals surface area contributed by atoms with E-state index in [0.29, 0.717) is 13.1 Å². The van der Waals surface area contributed by atoms with E-state index in [1.807, 2.05) is 16.9 Å². The van der Waals surface area contributed by atoms with Crippen LogP contribution in [0, 0.1) is 0 Å². The first-order chi connectivity index (χ1) is 6.31. The molecule has 1 aliphatic rings. The van der Waals surface area contributed by atoms with Gasteiger partial charge in [0.25, 0.3) is 0 Å². The van der Waals surface area contributed by atoms with Gasteiger partial charge < -0.3 is 10.0 Å². The molecule has 1 N–H and O–H groups in total. The molecule has 5 nitrogen and oxygen atoms in total. The van der Waals surface area contributed by atoms with Gasteiger partial charge in [-0.25, -0.2) is 0 Å². The van der Waals surface area contributed by atoms with Gasteiger partial charge in [-0.1, -0.05) is 0 Å². The first-order valence-electron chi connectivity index (χ1n) is 4.19. The number of nitrogens with zero attached hydrogens (tertiary/aromatic N) is 3. The van der Waals surface area contributed by atoms with Crippen LogP contribution in [0.25, 0.3) is 0 Å². The lowest BCUT2D eigenvalue weighted by atomic mass is 10.1. The number of hydrogen-bond acceptors (Lipinski definition) is 3. The van der Waals surface area contributed by atoms with Crippen molar-refractivity contribution in [1.82, 2.24) is 14.7 Å². The van der Waals surface area contributed by atoms with Crippen LogP contribution in [0.2, 0.25) is 0 Å². The second kappa shape index (κ2) is 3.18. The van der Waals surface area contributed by atoms with Crippen LogP contribution in [-0.2, 0) is 4.79 Å². The lowest BCUT2D eigenvalue weighted by molar-refractivity contribution is -0.140. The van der Waals surface area contributed by atoms with Gasteiger partial charge in [0.2, 0.25) is 5.91 Å². The normalized spacial score (nSPS) is 17.2. The Balaban J connectivity index is 1.89. The van der Waals surface area contributed by atoms with Crippen molar-refractivity contribution in [2.45, 2.75) is 6.04 Å². The quantitative estimate of drug-likeness (QED) is 0.653. The van der Waals surface area contributed by atoms with E-state index in [0.717, 1.165) is 0 Å². The summed E-state index contributed by atoms with van der Waals surface area (Å²) >= 11 is 0. The van der Waals surface area contributed by atoms with E-state index >= 15 is 0 Å². The largest absolute Gasteiger partial charge is 0.387 e. The number of carbonyl (C=O) groups excluding carboxylic acids is 1. The maximum atomic E-state index is 11.0. The Morgan fingerprint density at radius 3 is 2.92 bits per heavy atom. The van der Waals surface area contributed by atoms with Gasteiger partial charge in [0.05, 0.1) is 6.04 Å². The van der Waals surface area contributed by atoms with Gasteiger partial charge in [-0.15, -0.1) is 0 Å². The van der Waals surface area contributed by atoms with Crippen molar-refractivity contribution >= 4 is 5.91 Å². The van der Waals surface area contributed by atoms with Gasteiger partial charge in [0, 0.05) is 25.5 Å². The summed E-state index contributed by atoms with van der Waals surface area (Å²) in [5.41, 5.74) is 0. The van der Waals surface area contributed by atoms with Crippen molar-refractivity contribution in [3.8, 4) is 0 Å². The second-order valence-electron chi connectivity index (χ2n) is 3.10. The third-order valence-corrected chi connectivity index (χ3v) is 2.25. The van der Waals surface area contributed by atoms with Gasteiger partial charge in [-0.3, -0.25) is 9.48 Å². The molecular weight excluding hydrogens is 170 g/mol. The van der Waals surface area contributed by atoms with Gasteiger partial charge in [0.15, 0.2) is 0 Å². The van der Waals surface area contributed by atoms with Crippen LogP contribution in [0.1, 0.15) is 6.04 Å². The van der Waals surface area contributed by atoms with Crippen LogP contribution in [-0.4, -0.2) is 45.4 Å². The number of amides is 1. The van der Waals surface area contributed by atoms with Crippen molar-refractivity contribution in [3.05, 3.63) is 18.5 Å². The van der Waals surface area contributed by atoms with E-state index in [1.165, 1.54) is 0 Å². The van der Waals surface area contributed by atoms with Gasteiger partial charge in [0.1, 0.15) is 6.61 Å². The van der Waals surface area contributed by atoms with Crippen molar-refractivity contribution in [3.63, 3.8) is 0 Å². The molecule has 5 heteroatoms. The zero-order chi connectivity index (χ0) is 9.26. The summed E-state index contributed by atoms with van der Waals surface area (Å²) in [7, 11) is 0. The SMILES string of the molecule is O=C(CO)N1CC(n2cccn2)C1. The zero-order valence-corrected chi connectivity index (χ0v) is 7.13. The molecule has 0 bridgehead atoms. The zero-order valence-electron chi connectivity index (χ0n) is 7.13. The molecule has 1 aromatic rings. The first kappa shape index (κ1) is 8.25. The molecule has 13 heavy (non-hydrogen) atoms.